The SMILES string of the molecule is C=CCNC(=O)/C(C#N)=C/c1ccc(OC(=O)/C=C/c2ccc(C(C)C)cc2)c(OC)c1. The highest BCUT2D eigenvalue weighted by molar-refractivity contribution is 6.01. The molecule has 0 aliphatic heterocycles. The van der Waals surface area contributed by atoms with Gasteiger partial charge >= 0.3 is 5.97 Å². The number of carbonyl (C=O) groups excluding carboxylic acids is 2. The lowest BCUT2D eigenvalue weighted by Crippen LogP contribution is -2.24. The van der Waals surface area contributed by atoms with Crippen molar-refractivity contribution < 1.29 is 19.1 Å². The van der Waals surface area contributed by atoms with E-state index in [4.69, 9.17) is 9.47 Å². The number of benzene rings is 2. The predicted octanol–water partition coefficient (Wildman–Crippen LogP) is 4.65. The summed E-state index contributed by atoms with van der Waals surface area (Å²) in [7, 11) is 1.44. The summed E-state index contributed by atoms with van der Waals surface area (Å²) in [6.07, 6.45) is 5.97. The second kappa shape index (κ2) is 11.9. The molecule has 2 aromatic rings. The molecule has 6 nitrogen and oxygen atoms in total. The van der Waals surface area contributed by atoms with Gasteiger partial charge in [0.25, 0.3) is 5.91 Å². The molecule has 0 unspecified atom stereocenters. The van der Waals surface area contributed by atoms with Crippen molar-refractivity contribution in [1.82, 2.24) is 5.32 Å². The lowest BCUT2D eigenvalue weighted by molar-refractivity contribution is -0.129. The Morgan fingerprint density at radius 2 is 1.81 bits per heavy atom. The summed E-state index contributed by atoms with van der Waals surface area (Å²) in [5.41, 5.74) is 2.59. The van der Waals surface area contributed by atoms with Crippen molar-refractivity contribution in [3.8, 4) is 17.6 Å². The molecule has 0 heterocycles. The standard InChI is InChI=1S/C26H26N2O4/c1-5-14-28-26(30)22(17-27)15-20-8-12-23(24(16-20)31-4)32-25(29)13-9-19-6-10-21(11-7-19)18(2)3/h5-13,15-16,18H,1,14H2,2-4H3,(H,28,30)/b13-9+,22-15+. The maximum atomic E-state index is 12.2. The number of nitriles is 1. The average molecular weight is 431 g/mol. The first-order valence-electron chi connectivity index (χ1n) is 10.1. The first-order valence-corrected chi connectivity index (χ1v) is 10.1. The number of hydrogen-bond donors (Lipinski definition) is 1. The van der Waals surface area contributed by atoms with Crippen LogP contribution in [0, 0.1) is 11.3 Å². The van der Waals surface area contributed by atoms with Crippen LogP contribution in [-0.4, -0.2) is 25.5 Å². The van der Waals surface area contributed by atoms with Gasteiger partial charge in [0.05, 0.1) is 7.11 Å². The van der Waals surface area contributed by atoms with Crippen LogP contribution in [0.4, 0.5) is 0 Å². The van der Waals surface area contributed by atoms with Gasteiger partial charge in [0.1, 0.15) is 11.6 Å². The fourth-order valence-electron chi connectivity index (χ4n) is 2.73. The number of methoxy groups -OCH3 is 1. The molecule has 2 rings (SSSR count). The Morgan fingerprint density at radius 3 is 2.41 bits per heavy atom. The molecule has 0 saturated heterocycles. The molecule has 0 bridgehead atoms. The van der Waals surface area contributed by atoms with Crippen LogP contribution in [0.2, 0.25) is 0 Å². The lowest BCUT2D eigenvalue weighted by Gasteiger charge is -2.09. The zero-order valence-electron chi connectivity index (χ0n) is 18.4. The maximum absolute atomic E-state index is 12.2. The third kappa shape index (κ3) is 6.99. The largest absolute Gasteiger partial charge is 0.493 e. The van der Waals surface area contributed by atoms with Crippen molar-refractivity contribution in [3.05, 3.63) is 83.5 Å². The molecule has 0 atom stereocenters. The van der Waals surface area contributed by atoms with Gasteiger partial charge < -0.3 is 14.8 Å². The Bertz CT molecular complexity index is 1070. The topological polar surface area (TPSA) is 88.4 Å². The van der Waals surface area contributed by atoms with E-state index in [0.29, 0.717) is 17.2 Å². The van der Waals surface area contributed by atoms with E-state index in [2.05, 4.69) is 25.7 Å². The Hall–Kier alpha value is -4.11. The Kier molecular flexibility index (Phi) is 9.00. The summed E-state index contributed by atoms with van der Waals surface area (Å²) < 4.78 is 10.7. The van der Waals surface area contributed by atoms with E-state index in [1.165, 1.54) is 30.9 Å². The number of rotatable bonds is 9. The highest BCUT2D eigenvalue weighted by Gasteiger charge is 2.11. The molecule has 32 heavy (non-hydrogen) atoms. The minimum Gasteiger partial charge on any atom is -0.493 e. The van der Waals surface area contributed by atoms with E-state index in [1.54, 1.807) is 24.3 Å². The Balaban J connectivity index is 2.12. The molecule has 0 aliphatic carbocycles. The second-order valence-corrected chi connectivity index (χ2v) is 7.15. The van der Waals surface area contributed by atoms with Crippen LogP contribution in [0.3, 0.4) is 0 Å². The van der Waals surface area contributed by atoms with Crippen LogP contribution >= 0.6 is 0 Å². The number of ether oxygens (including phenoxy) is 2. The van der Waals surface area contributed by atoms with Crippen LogP contribution in [0.15, 0.2) is 66.8 Å². The zero-order valence-corrected chi connectivity index (χ0v) is 18.4. The van der Waals surface area contributed by atoms with Crippen LogP contribution in [0.1, 0.15) is 36.5 Å². The van der Waals surface area contributed by atoms with E-state index in [9.17, 15) is 14.9 Å². The number of amides is 1. The van der Waals surface area contributed by atoms with E-state index in [0.717, 1.165) is 5.56 Å². The molecular weight excluding hydrogens is 404 g/mol. The molecule has 0 fully saturated rings. The highest BCUT2D eigenvalue weighted by atomic mass is 16.6. The molecule has 2 aromatic carbocycles. The van der Waals surface area contributed by atoms with Gasteiger partial charge in [0.15, 0.2) is 11.5 Å². The van der Waals surface area contributed by atoms with E-state index in [-0.39, 0.29) is 17.9 Å². The summed E-state index contributed by atoms with van der Waals surface area (Å²) in [4.78, 5) is 24.2. The van der Waals surface area contributed by atoms with Crippen molar-refractivity contribution in [2.24, 2.45) is 0 Å². The van der Waals surface area contributed by atoms with Crippen LogP contribution in [-0.2, 0) is 9.59 Å². The summed E-state index contributed by atoms with van der Waals surface area (Å²) in [5.74, 6) is -0.0989. The summed E-state index contributed by atoms with van der Waals surface area (Å²) >= 11 is 0. The zero-order chi connectivity index (χ0) is 23.5. The smallest absolute Gasteiger partial charge is 0.336 e. The van der Waals surface area contributed by atoms with Crippen molar-refractivity contribution in [2.45, 2.75) is 19.8 Å². The molecule has 0 saturated carbocycles. The molecule has 0 radical (unpaired) electrons. The second-order valence-electron chi connectivity index (χ2n) is 7.15. The number of esters is 1. The summed E-state index contributed by atoms with van der Waals surface area (Å²) in [6, 6.07) is 14.6. The van der Waals surface area contributed by atoms with E-state index >= 15 is 0 Å². The third-order valence-electron chi connectivity index (χ3n) is 4.50. The van der Waals surface area contributed by atoms with Gasteiger partial charge in [-0.25, -0.2) is 4.79 Å². The minimum absolute atomic E-state index is 0.0648. The molecule has 0 aromatic heterocycles. The third-order valence-corrected chi connectivity index (χ3v) is 4.50. The van der Waals surface area contributed by atoms with Gasteiger partial charge in [-0.3, -0.25) is 4.79 Å². The highest BCUT2D eigenvalue weighted by Crippen LogP contribution is 2.29. The maximum Gasteiger partial charge on any atom is 0.336 e. The van der Waals surface area contributed by atoms with Gasteiger partial charge in [-0.2, -0.15) is 5.26 Å². The number of nitrogens with one attached hydrogen (secondary N) is 1. The first-order chi connectivity index (χ1) is 15.4. The first kappa shape index (κ1) is 24.2. The Labute approximate surface area is 188 Å². The van der Waals surface area contributed by atoms with Crippen LogP contribution in [0.5, 0.6) is 11.5 Å². The summed E-state index contributed by atoms with van der Waals surface area (Å²) in [6.45, 7) is 8.01. The quantitative estimate of drug-likeness (QED) is 0.206. The van der Waals surface area contributed by atoms with Gasteiger partial charge in [0, 0.05) is 12.6 Å². The van der Waals surface area contributed by atoms with Gasteiger partial charge in [-0.1, -0.05) is 50.3 Å². The van der Waals surface area contributed by atoms with Crippen LogP contribution < -0.4 is 14.8 Å². The van der Waals surface area contributed by atoms with Gasteiger partial charge in [-0.05, 0) is 46.9 Å². The fourth-order valence-corrected chi connectivity index (χ4v) is 2.73. The van der Waals surface area contributed by atoms with Crippen molar-refractivity contribution in [2.75, 3.05) is 13.7 Å². The Morgan fingerprint density at radius 1 is 1.12 bits per heavy atom. The lowest BCUT2D eigenvalue weighted by atomic mass is 10.0. The van der Waals surface area contributed by atoms with E-state index in [1.807, 2.05) is 30.3 Å². The molecular formula is C26H26N2O4. The summed E-state index contributed by atoms with van der Waals surface area (Å²) in [5, 5.41) is 11.8. The number of carbonyl (C=O) groups is 2. The van der Waals surface area contributed by atoms with Crippen molar-refractivity contribution >= 4 is 24.0 Å². The fraction of sp³-hybridized carbons (Fsp3) is 0.192. The number of hydrogen-bond acceptors (Lipinski definition) is 5. The minimum atomic E-state index is -0.555. The number of nitrogens with zero attached hydrogens (tertiary/aromatic N) is 1. The van der Waals surface area contributed by atoms with E-state index < -0.39 is 11.9 Å². The normalized spacial score (nSPS) is 11.2. The molecule has 0 spiro atoms. The predicted molar refractivity (Wildman–Crippen MR) is 125 cm³/mol. The average Bonchev–Trinajstić information content (AvgIpc) is 2.80. The van der Waals surface area contributed by atoms with Gasteiger partial charge in [-0.15, -0.1) is 6.58 Å². The molecule has 1 amide bonds. The van der Waals surface area contributed by atoms with Crippen LogP contribution in [0.25, 0.3) is 12.2 Å². The van der Waals surface area contributed by atoms with Crippen molar-refractivity contribution in [3.63, 3.8) is 0 Å². The monoisotopic (exact) mass is 430 g/mol. The molecule has 1 N–H and O–H groups in total. The van der Waals surface area contributed by atoms with Gasteiger partial charge in [0.2, 0.25) is 0 Å². The molecule has 164 valence electrons. The molecule has 0 aliphatic rings. The van der Waals surface area contributed by atoms with Crippen molar-refractivity contribution in [1.29, 1.82) is 5.26 Å². The molecule has 6 heteroatoms.